The van der Waals surface area contributed by atoms with Gasteiger partial charge >= 0.3 is 0 Å². The van der Waals surface area contributed by atoms with E-state index in [1.165, 1.54) is 35.1 Å². The number of para-hydroxylation sites is 2. The summed E-state index contributed by atoms with van der Waals surface area (Å²) in [6.45, 7) is 19.8. The normalized spacial score (nSPS) is 11.6. The number of unbranched alkanes of at least 4 members (excludes halogenated alkanes) is 1. The number of hydrogen-bond donors (Lipinski definition) is 0. The van der Waals surface area contributed by atoms with Crippen molar-refractivity contribution in [1.82, 2.24) is 9.55 Å². The van der Waals surface area contributed by atoms with E-state index in [0.717, 1.165) is 50.3 Å². The van der Waals surface area contributed by atoms with Gasteiger partial charge in [0.25, 0.3) is 0 Å². The third-order valence-electron chi connectivity index (χ3n) is 9.29. The molecule has 0 aliphatic carbocycles. The summed E-state index contributed by atoms with van der Waals surface area (Å²) in [5, 5.41) is 12.1. The molecule has 0 atom stereocenters. The highest BCUT2D eigenvalue weighted by atomic mass is 16.3. The van der Waals surface area contributed by atoms with Crippen molar-refractivity contribution < 1.29 is 4.42 Å². The Morgan fingerprint density at radius 2 is 1.51 bits per heavy atom. The van der Waals surface area contributed by atoms with E-state index in [1.54, 1.807) is 0 Å². The molecule has 0 amide bonds. The van der Waals surface area contributed by atoms with Gasteiger partial charge in [-0.2, -0.15) is 5.26 Å². The van der Waals surface area contributed by atoms with Crippen LogP contribution in [0.4, 0.5) is 0 Å². The van der Waals surface area contributed by atoms with Gasteiger partial charge in [-0.05, 0) is 73.1 Å². The van der Waals surface area contributed by atoms with Gasteiger partial charge in [-0.1, -0.05) is 108 Å². The quantitative estimate of drug-likeness (QED) is 0.192. The van der Waals surface area contributed by atoms with Gasteiger partial charge in [0.1, 0.15) is 17.0 Å². The molecule has 0 N–H and O–H groups in total. The Labute approximate surface area is 268 Å². The fourth-order valence-electron chi connectivity index (χ4n) is 6.04. The van der Waals surface area contributed by atoms with E-state index in [2.05, 4.69) is 122 Å². The highest BCUT2D eigenvalue weighted by molar-refractivity contribution is 6.09. The molecular weight excluding hydrogens is 550 g/mol. The number of furan rings is 1. The average Bonchev–Trinajstić information content (AvgIpc) is 3.62. The van der Waals surface area contributed by atoms with Crippen molar-refractivity contribution in [3.8, 4) is 34.4 Å². The Morgan fingerprint density at radius 3 is 2.16 bits per heavy atom. The van der Waals surface area contributed by atoms with E-state index >= 15 is 0 Å². The number of aromatic nitrogens is 2. The molecule has 0 unspecified atom stereocenters. The maximum absolute atomic E-state index is 9.90. The monoisotopic (exact) mass is 595 g/mol. The summed E-state index contributed by atoms with van der Waals surface area (Å²) in [5.41, 5.74) is 10.8. The molecule has 45 heavy (non-hydrogen) atoms. The summed E-state index contributed by atoms with van der Waals surface area (Å²) < 4.78 is 8.63. The van der Waals surface area contributed by atoms with Gasteiger partial charge in [0.2, 0.25) is 0 Å². The highest BCUT2D eigenvalue weighted by Gasteiger charge is 2.30. The first-order valence-corrected chi connectivity index (χ1v) is 16.1. The summed E-state index contributed by atoms with van der Waals surface area (Å²) in [5.74, 6) is 1.20. The van der Waals surface area contributed by atoms with Crippen LogP contribution in [0.2, 0.25) is 0 Å². The molecule has 0 spiro atoms. The van der Waals surface area contributed by atoms with Crippen LogP contribution >= 0.6 is 0 Å². The zero-order valence-electron chi connectivity index (χ0n) is 28.2. The molecule has 0 fully saturated rings. The summed E-state index contributed by atoms with van der Waals surface area (Å²) in [4.78, 5) is 5.35. The molecular formula is C41H45N3O. The summed E-state index contributed by atoms with van der Waals surface area (Å²) >= 11 is 0. The van der Waals surface area contributed by atoms with Crippen LogP contribution in [0.25, 0.3) is 50.3 Å². The third kappa shape index (κ3) is 5.92. The van der Waals surface area contributed by atoms with Gasteiger partial charge in [0.05, 0.1) is 23.0 Å². The van der Waals surface area contributed by atoms with Crippen LogP contribution in [0.15, 0.2) is 83.4 Å². The van der Waals surface area contributed by atoms with Crippen LogP contribution in [0.3, 0.4) is 0 Å². The Hall–Kier alpha value is -4.62. The molecule has 2 aromatic heterocycles. The van der Waals surface area contributed by atoms with Crippen molar-refractivity contribution in [2.24, 2.45) is 5.92 Å². The highest BCUT2D eigenvalue weighted by Crippen LogP contribution is 2.42. The molecule has 4 heteroatoms. The summed E-state index contributed by atoms with van der Waals surface area (Å²) in [6, 6.07) is 27.3. The molecule has 0 aliphatic heterocycles. The number of aryl methyl sites for hydroxylation is 3. The number of nitriles is 1. The molecule has 4 nitrogen and oxygen atoms in total. The van der Waals surface area contributed by atoms with Crippen molar-refractivity contribution in [1.29, 1.82) is 5.26 Å². The van der Waals surface area contributed by atoms with Crippen LogP contribution in [-0.4, -0.2) is 9.55 Å². The number of nitrogens with zero attached hydrogens (tertiary/aromatic N) is 3. The molecule has 6 rings (SSSR count). The zero-order chi connectivity index (χ0) is 32.5. The average molecular weight is 596 g/mol. The second-order valence-corrected chi connectivity index (χ2v) is 13.1. The number of imidazole rings is 1. The number of hydrogen-bond acceptors (Lipinski definition) is 3. The smallest absolute Gasteiger partial charge is 0.145 e. The van der Waals surface area contributed by atoms with Crippen LogP contribution in [0.1, 0.15) is 82.2 Å². The Bertz CT molecular complexity index is 2000. The van der Waals surface area contributed by atoms with E-state index < -0.39 is 0 Å². The fraction of sp³-hybridized carbons (Fsp3) is 0.317. The van der Waals surface area contributed by atoms with Crippen molar-refractivity contribution in [2.45, 2.75) is 80.6 Å². The minimum Gasteiger partial charge on any atom is -0.455 e. The first-order valence-electron chi connectivity index (χ1n) is 16.1. The van der Waals surface area contributed by atoms with Crippen molar-refractivity contribution in [2.75, 3.05) is 0 Å². The van der Waals surface area contributed by atoms with E-state index in [1.807, 2.05) is 30.3 Å². The van der Waals surface area contributed by atoms with E-state index in [4.69, 9.17) is 9.40 Å². The molecule has 0 saturated carbocycles. The van der Waals surface area contributed by atoms with Gasteiger partial charge in [-0.25, -0.2) is 4.98 Å². The Kier molecular flexibility index (Phi) is 9.03. The van der Waals surface area contributed by atoms with E-state index in [-0.39, 0.29) is 5.41 Å². The van der Waals surface area contributed by atoms with E-state index in [9.17, 15) is 5.26 Å². The molecule has 6 aromatic rings. The lowest BCUT2D eigenvalue weighted by molar-refractivity contribution is 0.373. The molecule has 230 valence electrons. The second kappa shape index (κ2) is 12.8. The molecule has 0 saturated heterocycles. The number of rotatable bonds is 6. The van der Waals surface area contributed by atoms with Gasteiger partial charge in [-0.3, -0.25) is 4.57 Å². The molecule has 0 bridgehead atoms. The predicted octanol–water partition coefficient (Wildman–Crippen LogP) is 11.6. The van der Waals surface area contributed by atoms with Crippen molar-refractivity contribution in [3.63, 3.8) is 0 Å². The molecule has 0 radical (unpaired) electrons. The minimum absolute atomic E-state index is 0.142. The van der Waals surface area contributed by atoms with Crippen LogP contribution in [0, 0.1) is 38.0 Å². The lowest BCUT2D eigenvalue weighted by Gasteiger charge is -2.32. The second-order valence-electron chi connectivity index (χ2n) is 13.1. The lowest BCUT2D eigenvalue weighted by Crippen LogP contribution is -2.25. The first kappa shape index (κ1) is 31.8. The van der Waals surface area contributed by atoms with Crippen molar-refractivity contribution in [3.05, 3.63) is 107 Å². The van der Waals surface area contributed by atoms with Gasteiger partial charge in [0.15, 0.2) is 0 Å². The SMILES string of the molecule is CCCC.Cc1cc(C)c(-n2cc(-c3cccc4c3oc3ccccc34)nc2-c2cc(C#N)ccc2C(C)(C)C(C)C)c(C)c1. The summed E-state index contributed by atoms with van der Waals surface area (Å²) in [6.07, 6.45) is 4.77. The fourth-order valence-corrected chi connectivity index (χ4v) is 6.04. The zero-order valence-corrected chi connectivity index (χ0v) is 28.2. The van der Waals surface area contributed by atoms with Crippen LogP contribution < -0.4 is 0 Å². The maximum Gasteiger partial charge on any atom is 0.145 e. The largest absolute Gasteiger partial charge is 0.455 e. The van der Waals surface area contributed by atoms with Gasteiger partial charge in [0, 0.05) is 28.1 Å². The van der Waals surface area contributed by atoms with Crippen LogP contribution in [0.5, 0.6) is 0 Å². The standard InChI is InChI=1S/C37H35N3O.C4H10/c1-22(2)37(6,7)31-16-15-26(20-38)19-30(31)36-39-32(21-40(36)34-24(4)17-23(3)18-25(34)5)29-13-10-12-28-27-11-8-9-14-33(27)41-35(28)29;1-3-4-2/h8-19,21-22H,1-7H3;3-4H2,1-2H3. The molecule has 2 heterocycles. The first-order chi connectivity index (χ1) is 21.5. The van der Waals surface area contributed by atoms with E-state index in [0.29, 0.717) is 11.5 Å². The van der Waals surface area contributed by atoms with Crippen LogP contribution in [-0.2, 0) is 5.41 Å². The maximum atomic E-state index is 9.90. The Morgan fingerprint density at radius 1 is 0.844 bits per heavy atom. The Balaban J connectivity index is 0.000000945. The predicted molar refractivity (Wildman–Crippen MR) is 189 cm³/mol. The summed E-state index contributed by atoms with van der Waals surface area (Å²) in [7, 11) is 0. The lowest BCUT2D eigenvalue weighted by atomic mass is 9.73. The van der Waals surface area contributed by atoms with Gasteiger partial charge < -0.3 is 4.42 Å². The third-order valence-corrected chi connectivity index (χ3v) is 9.29. The molecule has 0 aliphatic rings. The van der Waals surface area contributed by atoms with Gasteiger partial charge in [-0.15, -0.1) is 0 Å². The number of fused-ring (bicyclic) bond motifs is 3. The topological polar surface area (TPSA) is 54.8 Å². The van der Waals surface area contributed by atoms with Crippen molar-refractivity contribution >= 4 is 21.9 Å². The molecule has 4 aromatic carbocycles. The minimum atomic E-state index is -0.142. The number of benzene rings is 4.